The molecule has 1 atom stereocenters. The number of hydrogen-bond donors (Lipinski definition) is 1. The number of para-hydroxylation sites is 1. The molecule has 0 saturated carbocycles. The van der Waals surface area contributed by atoms with E-state index in [-0.39, 0.29) is 25.3 Å². The molecule has 2 rings (SSSR count). The number of carbonyl (C=O) groups is 1. The fraction of sp³-hybridized carbons (Fsp3) is 0.364. The van der Waals surface area contributed by atoms with Crippen molar-refractivity contribution in [3.8, 4) is 0 Å². The van der Waals surface area contributed by atoms with Crippen LogP contribution in [0.15, 0.2) is 24.3 Å². The number of aliphatic hydroxyl groups is 1. The highest BCUT2D eigenvalue weighted by Crippen LogP contribution is 2.25. The van der Waals surface area contributed by atoms with Crippen LogP contribution in [0.1, 0.15) is 5.56 Å². The van der Waals surface area contributed by atoms with E-state index in [1.165, 1.54) is 4.90 Å². The van der Waals surface area contributed by atoms with Crippen molar-refractivity contribution < 1.29 is 14.6 Å². The van der Waals surface area contributed by atoms with Crippen molar-refractivity contribution in [3.05, 3.63) is 29.8 Å². The van der Waals surface area contributed by atoms with E-state index in [4.69, 9.17) is 9.84 Å². The van der Waals surface area contributed by atoms with E-state index in [1.54, 1.807) is 0 Å². The first-order valence-corrected chi connectivity index (χ1v) is 4.86. The van der Waals surface area contributed by atoms with E-state index in [0.29, 0.717) is 0 Å². The fourth-order valence-electron chi connectivity index (χ4n) is 1.72. The Hall–Kier alpha value is -1.55. The fourth-order valence-corrected chi connectivity index (χ4v) is 1.72. The maximum atomic E-state index is 11.5. The predicted molar refractivity (Wildman–Crippen MR) is 55.9 cm³/mol. The van der Waals surface area contributed by atoms with Gasteiger partial charge in [-0.25, -0.2) is 4.79 Å². The van der Waals surface area contributed by atoms with E-state index in [0.717, 1.165) is 11.3 Å². The Kier molecular flexibility index (Phi) is 2.60. The lowest BCUT2D eigenvalue weighted by Crippen LogP contribution is -2.36. The van der Waals surface area contributed by atoms with Crippen LogP contribution in [0, 0.1) is 6.92 Å². The molecule has 1 aromatic rings. The number of aryl methyl sites for hydroxylation is 1. The lowest BCUT2D eigenvalue weighted by molar-refractivity contribution is 0.174. The minimum Gasteiger partial charge on any atom is -0.447 e. The number of ether oxygens (including phenoxy) is 1. The summed E-state index contributed by atoms with van der Waals surface area (Å²) in [6.07, 6.45) is -0.386. The van der Waals surface area contributed by atoms with Crippen LogP contribution in [0.5, 0.6) is 0 Å². The summed E-state index contributed by atoms with van der Waals surface area (Å²) in [5.74, 6) is 0. The zero-order chi connectivity index (χ0) is 10.8. The van der Waals surface area contributed by atoms with Crippen LogP contribution in [0.4, 0.5) is 10.5 Å². The van der Waals surface area contributed by atoms with Gasteiger partial charge in [0, 0.05) is 0 Å². The molecule has 80 valence electrons. The third kappa shape index (κ3) is 1.68. The normalized spacial score (nSPS) is 20.5. The van der Waals surface area contributed by atoms with Crippen molar-refractivity contribution in [1.82, 2.24) is 0 Å². The monoisotopic (exact) mass is 207 g/mol. The number of hydrogen-bond acceptors (Lipinski definition) is 3. The van der Waals surface area contributed by atoms with Crippen LogP contribution in [-0.4, -0.2) is 30.5 Å². The van der Waals surface area contributed by atoms with Gasteiger partial charge in [-0.05, 0) is 18.6 Å². The SMILES string of the molecule is Cc1ccccc1N1C(=O)OCC1CO. The van der Waals surface area contributed by atoms with E-state index < -0.39 is 0 Å². The molecule has 1 aromatic carbocycles. The van der Waals surface area contributed by atoms with E-state index in [1.807, 2.05) is 31.2 Å². The Bertz CT molecular complexity index is 378. The van der Waals surface area contributed by atoms with E-state index >= 15 is 0 Å². The molecule has 0 spiro atoms. The molecule has 1 unspecified atom stereocenters. The molecule has 15 heavy (non-hydrogen) atoms. The van der Waals surface area contributed by atoms with Crippen molar-refractivity contribution in [2.45, 2.75) is 13.0 Å². The molecule has 1 N–H and O–H groups in total. The number of amides is 1. The molecule has 0 bridgehead atoms. The summed E-state index contributed by atoms with van der Waals surface area (Å²) >= 11 is 0. The lowest BCUT2D eigenvalue weighted by atomic mass is 10.1. The van der Waals surface area contributed by atoms with E-state index in [9.17, 15) is 4.79 Å². The zero-order valence-electron chi connectivity index (χ0n) is 8.51. The molecule has 1 saturated heterocycles. The number of aliphatic hydroxyl groups excluding tert-OH is 1. The molecule has 1 aliphatic rings. The van der Waals surface area contributed by atoms with Gasteiger partial charge in [0.2, 0.25) is 0 Å². The topological polar surface area (TPSA) is 49.8 Å². The molecule has 0 aliphatic carbocycles. The van der Waals surface area contributed by atoms with Crippen LogP contribution < -0.4 is 4.90 Å². The third-order valence-electron chi connectivity index (χ3n) is 2.55. The number of carbonyl (C=O) groups excluding carboxylic acids is 1. The van der Waals surface area contributed by atoms with Gasteiger partial charge in [0.05, 0.1) is 18.3 Å². The number of nitrogens with zero attached hydrogens (tertiary/aromatic N) is 1. The Labute approximate surface area is 88.1 Å². The molecule has 0 radical (unpaired) electrons. The predicted octanol–water partition coefficient (Wildman–Crippen LogP) is 1.31. The van der Waals surface area contributed by atoms with Gasteiger partial charge in [-0.15, -0.1) is 0 Å². The van der Waals surface area contributed by atoms with Gasteiger partial charge in [-0.3, -0.25) is 4.90 Å². The molecular formula is C11H13NO3. The second-order valence-electron chi connectivity index (χ2n) is 3.57. The van der Waals surface area contributed by atoms with Crippen molar-refractivity contribution in [2.24, 2.45) is 0 Å². The second kappa shape index (κ2) is 3.90. The Balaban J connectivity index is 2.36. The number of cyclic esters (lactones) is 1. The minimum atomic E-state index is -0.386. The quantitative estimate of drug-likeness (QED) is 0.795. The Morgan fingerprint density at radius 3 is 2.93 bits per heavy atom. The molecule has 0 aromatic heterocycles. The van der Waals surface area contributed by atoms with Crippen molar-refractivity contribution in [3.63, 3.8) is 0 Å². The summed E-state index contributed by atoms with van der Waals surface area (Å²) in [4.78, 5) is 13.0. The molecule has 1 aliphatic heterocycles. The summed E-state index contributed by atoms with van der Waals surface area (Å²) in [6.45, 7) is 2.10. The number of rotatable bonds is 2. The summed E-state index contributed by atoms with van der Waals surface area (Å²) in [5, 5.41) is 9.13. The molecular weight excluding hydrogens is 194 g/mol. The van der Waals surface area contributed by atoms with Gasteiger partial charge in [-0.2, -0.15) is 0 Å². The molecule has 4 heteroatoms. The van der Waals surface area contributed by atoms with Gasteiger partial charge in [-0.1, -0.05) is 18.2 Å². The third-order valence-corrected chi connectivity index (χ3v) is 2.55. The molecule has 1 amide bonds. The van der Waals surface area contributed by atoms with Gasteiger partial charge < -0.3 is 9.84 Å². The van der Waals surface area contributed by atoms with Gasteiger partial charge >= 0.3 is 6.09 Å². The minimum absolute atomic E-state index is 0.0833. The first-order valence-electron chi connectivity index (χ1n) is 4.86. The maximum absolute atomic E-state index is 11.5. The van der Waals surface area contributed by atoms with Crippen molar-refractivity contribution in [1.29, 1.82) is 0 Å². The highest BCUT2D eigenvalue weighted by molar-refractivity contribution is 5.91. The zero-order valence-corrected chi connectivity index (χ0v) is 8.51. The standard InChI is InChI=1S/C11H13NO3/c1-8-4-2-3-5-10(8)12-9(6-13)7-15-11(12)14/h2-5,9,13H,6-7H2,1H3. The molecule has 1 heterocycles. The molecule has 1 fully saturated rings. The molecule has 4 nitrogen and oxygen atoms in total. The van der Waals surface area contributed by atoms with Crippen LogP contribution in [-0.2, 0) is 4.74 Å². The second-order valence-corrected chi connectivity index (χ2v) is 3.57. The van der Waals surface area contributed by atoms with Gasteiger partial charge in [0.1, 0.15) is 6.61 Å². The lowest BCUT2D eigenvalue weighted by Gasteiger charge is -2.21. The average molecular weight is 207 g/mol. The summed E-state index contributed by atoms with van der Waals surface area (Å²) < 4.78 is 4.91. The Morgan fingerprint density at radius 1 is 1.53 bits per heavy atom. The summed E-state index contributed by atoms with van der Waals surface area (Å²) in [7, 11) is 0. The van der Waals surface area contributed by atoms with Crippen LogP contribution in [0.2, 0.25) is 0 Å². The van der Waals surface area contributed by atoms with Gasteiger partial charge in [0.15, 0.2) is 0 Å². The highest BCUT2D eigenvalue weighted by atomic mass is 16.6. The van der Waals surface area contributed by atoms with Crippen LogP contribution in [0.25, 0.3) is 0 Å². The average Bonchev–Trinajstić information content (AvgIpc) is 2.60. The summed E-state index contributed by atoms with van der Waals surface area (Å²) in [5.41, 5.74) is 1.80. The first-order chi connectivity index (χ1) is 7.24. The van der Waals surface area contributed by atoms with Crippen LogP contribution >= 0.6 is 0 Å². The smallest absolute Gasteiger partial charge is 0.414 e. The largest absolute Gasteiger partial charge is 0.447 e. The summed E-state index contributed by atoms with van der Waals surface area (Å²) in [6, 6.07) is 7.29. The van der Waals surface area contributed by atoms with E-state index in [2.05, 4.69) is 0 Å². The first kappa shape index (κ1) is 9.98. The number of benzene rings is 1. The van der Waals surface area contributed by atoms with Crippen molar-refractivity contribution >= 4 is 11.8 Å². The van der Waals surface area contributed by atoms with Crippen LogP contribution in [0.3, 0.4) is 0 Å². The van der Waals surface area contributed by atoms with Gasteiger partial charge in [0.25, 0.3) is 0 Å². The Morgan fingerprint density at radius 2 is 2.27 bits per heavy atom. The highest BCUT2D eigenvalue weighted by Gasteiger charge is 2.34. The number of anilines is 1. The maximum Gasteiger partial charge on any atom is 0.414 e. The van der Waals surface area contributed by atoms with Crippen molar-refractivity contribution in [2.75, 3.05) is 18.1 Å².